The lowest BCUT2D eigenvalue weighted by atomic mass is 10.1. The average Bonchev–Trinajstić information content (AvgIpc) is 2.50. The molecule has 0 spiro atoms. The van der Waals surface area contributed by atoms with Crippen LogP contribution >= 0.6 is 0 Å². The summed E-state index contributed by atoms with van der Waals surface area (Å²) in [6, 6.07) is 3.64. The number of nitrogens with one attached hydrogen (secondary N) is 1. The topological polar surface area (TPSA) is 60.5 Å². The minimum atomic E-state index is -0.229. The molecule has 1 N–H and O–H groups in total. The number of pyridine rings is 1. The van der Waals surface area contributed by atoms with Crippen LogP contribution in [0.1, 0.15) is 19.4 Å². The summed E-state index contributed by atoms with van der Waals surface area (Å²) in [5.74, 6) is 1.90. The molecule has 2 aromatic rings. The molecular weight excluding hydrogens is 282 g/mol. The number of benzene rings is 1. The Hall–Kier alpha value is -2.43. The fraction of sp³-hybridized carbons (Fsp3) is 0.353. The van der Waals surface area contributed by atoms with Crippen LogP contribution < -0.4 is 19.8 Å². The average molecular weight is 303 g/mol. The summed E-state index contributed by atoms with van der Waals surface area (Å²) in [4.78, 5) is 15.3. The number of rotatable bonds is 5. The molecule has 5 heteroatoms. The standard InChI is InChI=1S/C17H21NO4/c1-10(2)6-7-12-15(21-4)11-8-9-13(20-3)16(22-5)14(11)18-17(12)19/h6-10H,1-5H3,(H,18,19)/b7-6+. The molecule has 1 aromatic carbocycles. The Labute approximate surface area is 129 Å². The number of fused-ring (bicyclic) bond motifs is 1. The first-order valence-electron chi connectivity index (χ1n) is 7.06. The number of hydrogen-bond acceptors (Lipinski definition) is 4. The van der Waals surface area contributed by atoms with Crippen molar-refractivity contribution in [2.75, 3.05) is 21.3 Å². The van der Waals surface area contributed by atoms with Gasteiger partial charge in [0.05, 0.1) is 32.4 Å². The van der Waals surface area contributed by atoms with Gasteiger partial charge in [-0.2, -0.15) is 0 Å². The van der Waals surface area contributed by atoms with E-state index in [0.717, 1.165) is 5.39 Å². The largest absolute Gasteiger partial charge is 0.495 e. The van der Waals surface area contributed by atoms with Crippen LogP contribution in [-0.4, -0.2) is 26.3 Å². The fourth-order valence-electron chi connectivity index (χ4n) is 2.33. The third-order valence-corrected chi connectivity index (χ3v) is 3.37. The van der Waals surface area contributed by atoms with Crippen molar-refractivity contribution < 1.29 is 14.2 Å². The van der Waals surface area contributed by atoms with E-state index in [1.54, 1.807) is 26.4 Å². The Kier molecular flexibility index (Phi) is 4.75. The van der Waals surface area contributed by atoms with E-state index in [1.807, 2.05) is 26.0 Å². The van der Waals surface area contributed by atoms with Crippen molar-refractivity contribution in [1.29, 1.82) is 0 Å². The highest BCUT2D eigenvalue weighted by atomic mass is 16.5. The Morgan fingerprint density at radius 1 is 1.05 bits per heavy atom. The second-order valence-electron chi connectivity index (χ2n) is 5.23. The fourth-order valence-corrected chi connectivity index (χ4v) is 2.33. The second kappa shape index (κ2) is 6.56. The van der Waals surface area contributed by atoms with E-state index in [9.17, 15) is 4.79 Å². The zero-order valence-corrected chi connectivity index (χ0v) is 13.5. The molecule has 0 unspecified atom stereocenters. The van der Waals surface area contributed by atoms with Gasteiger partial charge in [0.1, 0.15) is 5.75 Å². The predicted molar refractivity (Wildman–Crippen MR) is 88.1 cm³/mol. The Morgan fingerprint density at radius 3 is 2.27 bits per heavy atom. The second-order valence-corrected chi connectivity index (χ2v) is 5.23. The minimum absolute atomic E-state index is 0.229. The molecule has 0 radical (unpaired) electrons. The summed E-state index contributed by atoms with van der Waals surface area (Å²) in [5, 5.41) is 0.767. The Bertz CT molecular complexity index is 759. The normalized spacial score (nSPS) is 11.4. The van der Waals surface area contributed by atoms with E-state index < -0.39 is 0 Å². The number of H-pyrrole nitrogens is 1. The van der Waals surface area contributed by atoms with E-state index >= 15 is 0 Å². The molecule has 0 aliphatic heterocycles. The lowest BCUT2D eigenvalue weighted by Gasteiger charge is -2.14. The van der Waals surface area contributed by atoms with Gasteiger partial charge < -0.3 is 19.2 Å². The predicted octanol–water partition coefficient (Wildman–Crippen LogP) is 3.22. The van der Waals surface area contributed by atoms with Gasteiger partial charge in [-0.3, -0.25) is 4.79 Å². The van der Waals surface area contributed by atoms with Crippen molar-refractivity contribution in [3.05, 3.63) is 34.1 Å². The summed E-state index contributed by atoms with van der Waals surface area (Å²) in [7, 11) is 4.64. The molecule has 22 heavy (non-hydrogen) atoms. The van der Waals surface area contributed by atoms with Crippen LogP contribution in [0.15, 0.2) is 23.0 Å². The van der Waals surface area contributed by atoms with Crippen molar-refractivity contribution in [3.8, 4) is 17.2 Å². The maximum absolute atomic E-state index is 12.4. The number of hydrogen-bond donors (Lipinski definition) is 1. The van der Waals surface area contributed by atoms with Crippen molar-refractivity contribution in [3.63, 3.8) is 0 Å². The van der Waals surface area contributed by atoms with Gasteiger partial charge in [0, 0.05) is 5.39 Å². The molecule has 2 rings (SSSR count). The molecule has 118 valence electrons. The van der Waals surface area contributed by atoms with Gasteiger partial charge in [0.25, 0.3) is 5.56 Å². The van der Waals surface area contributed by atoms with Gasteiger partial charge in [-0.15, -0.1) is 0 Å². The van der Waals surface area contributed by atoms with Gasteiger partial charge >= 0.3 is 0 Å². The number of allylic oxidation sites excluding steroid dienone is 1. The highest BCUT2D eigenvalue weighted by molar-refractivity contribution is 5.94. The van der Waals surface area contributed by atoms with E-state index in [4.69, 9.17) is 14.2 Å². The van der Waals surface area contributed by atoms with E-state index in [2.05, 4.69) is 4.98 Å². The van der Waals surface area contributed by atoms with E-state index in [-0.39, 0.29) is 5.56 Å². The van der Waals surface area contributed by atoms with E-state index in [0.29, 0.717) is 34.2 Å². The summed E-state index contributed by atoms with van der Waals surface area (Å²) in [6.45, 7) is 4.10. The Morgan fingerprint density at radius 2 is 1.73 bits per heavy atom. The third-order valence-electron chi connectivity index (χ3n) is 3.37. The maximum Gasteiger partial charge on any atom is 0.259 e. The third kappa shape index (κ3) is 2.79. The van der Waals surface area contributed by atoms with Gasteiger partial charge in [-0.05, 0) is 24.1 Å². The summed E-state index contributed by atoms with van der Waals surface area (Å²) in [6.07, 6.45) is 3.75. The molecule has 1 aromatic heterocycles. The molecule has 0 aliphatic rings. The molecule has 0 amide bonds. The smallest absolute Gasteiger partial charge is 0.259 e. The molecule has 0 bridgehead atoms. The van der Waals surface area contributed by atoms with Crippen LogP contribution in [0.25, 0.3) is 17.0 Å². The highest BCUT2D eigenvalue weighted by Gasteiger charge is 2.17. The lowest BCUT2D eigenvalue weighted by Crippen LogP contribution is -2.12. The molecule has 0 saturated heterocycles. The summed E-state index contributed by atoms with van der Waals surface area (Å²) >= 11 is 0. The minimum Gasteiger partial charge on any atom is -0.495 e. The van der Waals surface area contributed by atoms with Gasteiger partial charge in [-0.1, -0.05) is 19.9 Å². The first-order chi connectivity index (χ1) is 10.5. The van der Waals surface area contributed by atoms with Crippen molar-refractivity contribution >= 4 is 17.0 Å². The summed E-state index contributed by atoms with van der Waals surface area (Å²) < 4.78 is 16.1. The molecule has 5 nitrogen and oxygen atoms in total. The van der Waals surface area contributed by atoms with Crippen LogP contribution in [0, 0.1) is 5.92 Å². The molecular formula is C17H21NO4. The monoisotopic (exact) mass is 303 g/mol. The number of ether oxygens (including phenoxy) is 3. The number of aromatic amines is 1. The number of aromatic nitrogens is 1. The zero-order valence-electron chi connectivity index (χ0n) is 13.5. The van der Waals surface area contributed by atoms with Crippen molar-refractivity contribution in [2.45, 2.75) is 13.8 Å². The van der Waals surface area contributed by atoms with Crippen molar-refractivity contribution in [2.24, 2.45) is 5.92 Å². The molecule has 0 saturated carbocycles. The lowest BCUT2D eigenvalue weighted by molar-refractivity contribution is 0.357. The molecule has 0 atom stereocenters. The highest BCUT2D eigenvalue weighted by Crippen LogP contribution is 2.38. The maximum atomic E-state index is 12.4. The SMILES string of the molecule is COc1ccc2c(OC)c(/C=C/C(C)C)c(=O)[nH]c2c1OC. The van der Waals surface area contributed by atoms with Crippen molar-refractivity contribution in [1.82, 2.24) is 4.98 Å². The van der Waals surface area contributed by atoms with Crippen LogP contribution in [-0.2, 0) is 0 Å². The molecule has 1 heterocycles. The van der Waals surface area contributed by atoms with Crippen LogP contribution in [0.4, 0.5) is 0 Å². The molecule has 0 aliphatic carbocycles. The first kappa shape index (κ1) is 15.9. The number of methoxy groups -OCH3 is 3. The molecule has 0 fully saturated rings. The van der Waals surface area contributed by atoms with Gasteiger partial charge in [0.15, 0.2) is 11.5 Å². The van der Waals surface area contributed by atoms with Crippen LogP contribution in [0.2, 0.25) is 0 Å². The van der Waals surface area contributed by atoms with Gasteiger partial charge in [-0.25, -0.2) is 0 Å². The summed E-state index contributed by atoms with van der Waals surface area (Å²) in [5.41, 5.74) is 0.828. The van der Waals surface area contributed by atoms with E-state index in [1.165, 1.54) is 7.11 Å². The van der Waals surface area contributed by atoms with Gasteiger partial charge in [0.2, 0.25) is 0 Å². The zero-order chi connectivity index (χ0) is 16.3. The van der Waals surface area contributed by atoms with Crippen LogP contribution in [0.3, 0.4) is 0 Å². The van der Waals surface area contributed by atoms with Crippen LogP contribution in [0.5, 0.6) is 17.2 Å². The quantitative estimate of drug-likeness (QED) is 0.921. The first-order valence-corrected chi connectivity index (χ1v) is 7.06. The Balaban J connectivity index is 2.82.